The van der Waals surface area contributed by atoms with Crippen molar-refractivity contribution in [2.24, 2.45) is 0 Å². The van der Waals surface area contributed by atoms with Gasteiger partial charge in [0.1, 0.15) is 45.0 Å². The molecule has 5 heteroatoms. The fourth-order valence-corrected chi connectivity index (χ4v) is 3.99. The maximum absolute atomic E-state index is 8.88. The van der Waals surface area contributed by atoms with Gasteiger partial charge in [-0.15, -0.1) is 0 Å². The van der Waals surface area contributed by atoms with Gasteiger partial charge in [0.15, 0.2) is 0 Å². The molecule has 0 radical (unpaired) electrons. The SMILES string of the molecule is COc1ccc(C[NH+]2CC[NH+](Cc3ccc(C#N)cc3)CC2)cc1Br. The van der Waals surface area contributed by atoms with E-state index in [-0.39, 0.29) is 0 Å². The lowest BCUT2D eigenvalue weighted by Gasteiger charge is -2.30. The molecule has 0 atom stereocenters. The molecule has 0 unspecified atom stereocenters. The van der Waals surface area contributed by atoms with E-state index in [9.17, 15) is 0 Å². The lowest BCUT2D eigenvalue weighted by molar-refractivity contribution is -1.02. The second kappa shape index (κ2) is 8.48. The molecule has 0 bridgehead atoms. The number of nitrogens with one attached hydrogen (secondary N) is 2. The molecule has 2 N–H and O–H groups in total. The summed E-state index contributed by atoms with van der Waals surface area (Å²) in [5.74, 6) is 0.885. The van der Waals surface area contributed by atoms with Gasteiger partial charge in [-0.3, -0.25) is 0 Å². The molecule has 1 saturated heterocycles. The summed E-state index contributed by atoms with van der Waals surface area (Å²) in [5, 5.41) is 8.88. The minimum absolute atomic E-state index is 0.735. The van der Waals surface area contributed by atoms with Gasteiger partial charge in [0.05, 0.1) is 23.2 Å². The van der Waals surface area contributed by atoms with Crippen molar-refractivity contribution in [1.29, 1.82) is 5.26 Å². The Morgan fingerprint density at radius 2 is 1.52 bits per heavy atom. The number of ether oxygens (including phenoxy) is 1. The molecule has 0 spiro atoms. The Hall–Kier alpha value is -1.87. The number of benzene rings is 2. The van der Waals surface area contributed by atoms with E-state index in [1.54, 1.807) is 16.9 Å². The molecule has 1 aliphatic heterocycles. The molecule has 1 fully saturated rings. The average Bonchev–Trinajstić information content (AvgIpc) is 2.64. The first-order valence-electron chi connectivity index (χ1n) is 8.66. The topological polar surface area (TPSA) is 41.9 Å². The summed E-state index contributed by atoms with van der Waals surface area (Å²) in [5.41, 5.74) is 3.40. The highest BCUT2D eigenvalue weighted by Gasteiger charge is 2.23. The molecule has 2 aromatic carbocycles. The van der Waals surface area contributed by atoms with Crippen molar-refractivity contribution in [1.82, 2.24) is 0 Å². The van der Waals surface area contributed by atoms with Crippen LogP contribution in [0.1, 0.15) is 16.7 Å². The number of quaternary nitrogens is 2. The highest BCUT2D eigenvalue weighted by atomic mass is 79.9. The fourth-order valence-electron chi connectivity index (χ4n) is 3.40. The molecule has 1 heterocycles. The summed E-state index contributed by atoms with van der Waals surface area (Å²) in [6.45, 7) is 6.86. The van der Waals surface area contributed by atoms with E-state index in [1.165, 1.54) is 37.3 Å². The van der Waals surface area contributed by atoms with E-state index in [2.05, 4.69) is 46.3 Å². The molecular formula is C20H24BrN3O+2. The van der Waals surface area contributed by atoms with Gasteiger partial charge < -0.3 is 14.5 Å². The van der Waals surface area contributed by atoms with Crippen LogP contribution in [0.25, 0.3) is 0 Å². The van der Waals surface area contributed by atoms with Crippen LogP contribution < -0.4 is 14.5 Å². The third kappa shape index (κ3) is 4.82. The van der Waals surface area contributed by atoms with Crippen LogP contribution in [0, 0.1) is 11.3 Å². The van der Waals surface area contributed by atoms with E-state index in [1.807, 2.05) is 18.2 Å². The van der Waals surface area contributed by atoms with Gasteiger partial charge in [0.25, 0.3) is 0 Å². The Morgan fingerprint density at radius 3 is 2.04 bits per heavy atom. The summed E-state index contributed by atoms with van der Waals surface area (Å²) < 4.78 is 6.33. The van der Waals surface area contributed by atoms with Gasteiger partial charge in [0.2, 0.25) is 0 Å². The number of nitriles is 1. The Bertz CT molecular complexity index is 747. The number of nitrogens with zero attached hydrogens (tertiary/aromatic N) is 1. The minimum Gasteiger partial charge on any atom is -0.496 e. The maximum atomic E-state index is 8.88. The predicted octanol–water partition coefficient (Wildman–Crippen LogP) is 0.813. The van der Waals surface area contributed by atoms with Gasteiger partial charge in [0, 0.05) is 11.1 Å². The Kier molecular flexibility index (Phi) is 6.09. The molecule has 130 valence electrons. The molecule has 0 saturated carbocycles. The number of methoxy groups -OCH3 is 1. The van der Waals surface area contributed by atoms with E-state index in [4.69, 9.17) is 10.00 Å². The molecular weight excluding hydrogens is 378 g/mol. The summed E-state index contributed by atoms with van der Waals surface area (Å²) in [6.07, 6.45) is 0. The number of rotatable bonds is 5. The summed E-state index contributed by atoms with van der Waals surface area (Å²) in [6, 6.07) is 16.5. The van der Waals surface area contributed by atoms with Crippen molar-refractivity contribution >= 4 is 15.9 Å². The minimum atomic E-state index is 0.735. The Morgan fingerprint density at radius 1 is 0.960 bits per heavy atom. The first-order valence-corrected chi connectivity index (χ1v) is 9.46. The molecule has 4 nitrogen and oxygen atoms in total. The van der Waals surface area contributed by atoms with Crippen LogP contribution in [0.15, 0.2) is 46.9 Å². The maximum Gasteiger partial charge on any atom is 0.133 e. The number of hydrogen-bond acceptors (Lipinski definition) is 2. The molecule has 3 rings (SSSR count). The zero-order valence-electron chi connectivity index (χ0n) is 14.5. The van der Waals surface area contributed by atoms with E-state index in [0.29, 0.717) is 0 Å². The Balaban J connectivity index is 1.49. The van der Waals surface area contributed by atoms with Crippen LogP contribution >= 0.6 is 15.9 Å². The van der Waals surface area contributed by atoms with Crippen molar-refractivity contribution in [3.63, 3.8) is 0 Å². The van der Waals surface area contributed by atoms with Crippen LogP contribution in [0.4, 0.5) is 0 Å². The largest absolute Gasteiger partial charge is 0.496 e. The number of halogens is 1. The summed E-state index contributed by atoms with van der Waals surface area (Å²) in [7, 11) is 1.70. The Labute approximate surface area is 157 Å². The molecule has 0 aromatic heterocycles. The van der Waals surface area contributed by atoms with Crippen molar-refractivity contribution in [3.05, 3.63) is 63.6 Å². The van der Waals surface area contributed by atoms with Crippen LogP contribution in [0.2, 0.25) is 0 Å². The fraction of sp³-hybridized carbons (Fsp3) is 0.350. The molecule has 25 heavy (non-hydrogen) atoms. The average molecular weight is 402 g/mol. The molecule has 2 aromatic rings. The highest BCUT2D eigenvalue weighted by molar-refractivity contribution is 9.10. The standard InChI is InChI=1S/C20H22BrN3O/c1-25-20-7-6-18(12-19(20)21)15-24-10-8-23(9-11-24)14-17-4-2-16(13-22)3-5-17/h2-7,12H,8-11,14-15H2,1H3/p+2. The number of hydrogen-bond donors (Lipinski definition) is 2. The van der Waals surface area contributed by atoms with Crippen molar-refractivity contribution in [3.8, 4) is 11.8 Å². The normalized spacial score (nSPS) is 20.0. The second-order valence-electron chi connectivity index (χ2n) is 6.63. The van der Waals surface area contributed by atoms with Gasteiger partial charge in [-0.2, -0.15) is 5.26 Å². The van der Waals surface area contributed by atoms with Crippen molar-refractivity contribution in [2.75, 3.05) is 33.3 Å². The lowest BCUT2D eigenvalue weighted by Crippen LogP contribution is -3.27. The zero-order chi connectivity index (χ0) is 17.6. The van der Waals surface area contributed by atoms with Gasteiger partial charge in [-0.25, -0.2) is 0 Å². The van der Waals surface area contributed by atoms with E-state index >= 15 is 0 Å². The van der Waals surface area contributed by atoms with Crippen molar-refractivity contribution in [2.45, 2.75) is 13.1 Å². The zero-order valence-corrected chi connectivity index (χ0v) is 16.1. The first-order chi connectivity index (χ1) is 12.2. The van der Waals surface area contributed by atoms with Crippen LogP contribution in [0.5, 0.6) is 5.75 Å². The smallest absolute Gasteiger partial charge is 0.133 e. The molecule has 1 aliphatic rings. The van der Waals surface area contributed by atoms with Gasteiger partial charge in [-0.05, 0) is 46.3 Å². The highest BCUT2D eigenvalue weighted by Crippen LogP contribution is 2.25. The molecule has 0 amide bonds. The number of piperazine rings is 1. The lowest BCUT2D eigenvalue weighted by atomic mass is 10.1. The predicted molar refractivity (Wildman–Crippen MR) is 101 cm³/mol. The van der Waals surface area contributed by atoms with E-state index in [0.717, 1.165) is 28.9 Å². The molecule has 0 aliphatic carbocycles. The van der Waals surface area contributed by atoms with Gasteiger partial charge in [-0.1, -0.05) is 12.1 Å². The third-order valence-corrected chi connectivity index (χ3v) is 5.49. The second-order valence-corrected chi connectivity index (χ2v) is 7.49. The van der Waals surface area contributed by atoms with E-state index < -0.39 is 0 Å². The van der Waals surface area contributed by atoms with Crippen LogP contribution in [-0.4, -0.2) is 33.3 Å². The third-order valence-electron chi connectivity index (χ3n) is 4.87. The van der Waals surface area contributed by atoms with Gasteiger partial charge >= 0.3 is 0 Å². The summed E-state index contributed by atoms with van der Waals surface area (Å²) in [4.78, 5) is 3.27. The first kappa shape index (κ1) is 17.9. The van der Waals surface area contributed by atoms with Crippen LogP contribution in [-0.2, 0) is 13.1 Å². The van der Waals surface area contributed by atoms with Crippen molar-refractivity contribution < 1.29 is 14.5 Å². The van der Waals surface area contributed by atoms with Crippen LogP contribution in [0.3, 0.4) is 0 Å². The summed E-state index contributed by atoms with van der Waals surface area (Å²) >= 11 is 3.57. The quantitative estimate of drug-likeness (QED) is 0.778. The monoisotopic (exact) mass is 401 g/mol.